The summed E-state index contributed by atoms with van der Waals surface area (Å²) in [6.45, 7) is 3.18. The molecule has 0 aliphatic carbocycles. The van der Waals surface area contributed by atoms with Crippen LogP contribution in [0.15, 0.2) is 30.3 Å². The van der Waals surface area contributed by atoms with E-state index in [0.29, 0.717) is 42.7 Å². The minimum absolute atomic E-state index is 0.0266. The maximum atomic E-state index is 13.7. The molecule has 0 radical (unpaired) electrons. The molecule has 2 amide bonds. The van der Waals surface area contributed by atoms with Crippen molar-refractivity contribution < 1.29 is 27.5 Å². The van der Waals surface area contributed by atoms with Gasteiger partial charge in [-0.3, -0.25) is 14.5 Å². The molecule has 1 aromatic heterocycles. The summed E-state index contributed by atoms with van der Waals surface area (Å²) in [6, 6.07) is 5.87. The number of nitrogens with two attached hydrogens (primary N) is 1. The number of rotatable bonds is 6. The number of nitrogens with zero attached hydrogens (tertiary/aromatic N) is 4. The van der Waals surface area contributed by atoms with Crippen LogP contribution >= 0.6 is 11.6 Å². The second-order valence-electron chi connectivity index (χ2n) is 8.88. The van der Waals surface area contributed by atoms with Crippen molar-refractivity contribution in [3.63, 3.8) is 0 Å². The Kier molecular flexibility index (Phi) is 7.44. The van der Waals surface area contributed by atoms with Gasteiger partial charge in [-0.05, 0) is 31.2 Å². The predicted molar refractivity (Wildman–Crippen MR) is 130 cm³/mol. The minimum Gasteiger partial charge on any atom is -0.378 e. The summed E-state index contributed by atoms with van der Waals surface area (Å²) in [6.07, 6.45) is -4.65. The summed E-state index contributed by atoms with van der Waals surface area (Å²) in [7, 11) is 1.56. The fourth-order valence-corrected chi connectivity index (χ4v) is 5.12. The monoisotopic (exact) mass is 525 g/mol. The Hall–Kier alpha value is -2.89. The molecule has 2 N–H and O–H groups in total. The molecule has 1 fully saturated rings. The van der Waals surface area contributed by atoms with Gasteiger partial charge < -0.3 is 20.3 Å². The molecule has 2 atom stereocenters. The fraction of sp³-hybridized carbons (Fsp3) is 0.458. The van der Waals surface area contributed by atoms with Crippen molar-refractivity contribution in [3.8, 4) is 0 Å². The van der Waals surface area contributed by atoms with Gasteiger partial charge in [-0.1, -0.05) is 17.7 Å². The molecular formula is C24H27ClF3N5O3. The van der Waals surface area contributed by atoms with Gasteiger partial charge >= 0.3 is 6.18 Å². The van der Waals surface area contributed by atoms with Crippen LogP contribution in [0.25, 0.3) is 0 Å². The number of fused-ring (bicyclic) bond motifs is 2. The first-order valence-electron chi connectivity index (χ1n) is 11.5. The standard InChI is InChI=1S/C24H27ClF3N5O3/c1-14-10-16(24(26,27)28)12-19(30-14)33-20(34)11-15-13-32(7-9-36-8-6-29)22-17(25)4-3-5-18(22)31(2)23(35)21(15)33/h3-5,10,12,15,21H,6-9,11,13,29H2,1-2H3/t15-,21+/m1/s1. The predicted octanol–water partition coefficient (Wildman–Crippen LogP) is 3.24. The lowest BCUT2D eigenvalue weighted by atomic mass is 9.95. The number of carbonyl (C=O) groups excluding carboxylic acids is 2. The maximum absolute atomic E-state index is 13.7. The first kappa shape index (κ1) is 26.2. The number of halogens is 4. The van der Waals surface area contributed by atoms with Crippen LogP contribution in [0.1, 0.15) is 17.7 Å². The van der Waals surface area contributed by atoms with E-state index in [-0.39, 0.29) is 24.5 Å². The quantitative estimate of drug-likeness (QED) is 0.582. The SMILES string of the molecule is Cc1cc(C(F)(F)F)cc(N2C(=O)C[C@@H]3CN(CCOCCN)c4c(Cl)cccc4N(C)C(=O)[C@H]32)n1. The normalized spacial score (nSPS) is 20.4. The molecule has 4 rings (SSSR count). The Bertz CT molecular complexity index is 1160. The number of pyridine rings is 1. The molecule has 194 valence electrons. The lowest BCUT2D eigenvalue weighted by Gasteiger charge is -2.39. The number of anilines is 3. The van der Waals surface area contributed by atoms with Crippen molar-refractivity contribution >= 4 is 40.6 Å². The molecule has 0 bridgehead atoms. The minimum atomic E-state index is -4.62. The van der Waals surface area contributed by atoms with Crippen LogP contribution in [0.4, 0.5) is 30.4 Å². The van der Waals surface area contributed by atoms with Gasteiger partial charge in [0.05, 0.1) is 35.2 Å². The van der Waals surface area contributed by atoms with E-state index in [2.05, 4.69) is 4.98 Å². The highest BCUT2D eigenvalue weighted by atomic mass is 35.5. The van der Waals surface area contributed by atoms with Gasteiger partial charge in [-0.25, -0.2) is 4.98 Å². The smallest absolute Gasteiger partial charge is 0.378 e. The van der Waals surface area contributed by atoms with Crippen molar-refractivity contribution in [2.45, 2.75) is 25.6 Å². The largest absolute Gasteiger partial charge is 0.416 e. The van der Waals surface area contributed by atoms with Gasteiger partial charge in [0.15, 0.2) is 0 Å². The van der Waals surface area contributed by atoms with Gasteiger partial charge in [0.25, 0.3) is 0 Å². The van der Waals surface area contributed by atoms with Crippen molar-refractivity contribution in [1.29, 1.82) is 0 Å². The lowest BCUT2D eigenvalue weighted by molar-refractivity contribution is -0.137. The molecule has 2 aliphatic rings. The molecule has 36 heavy (non-hydrogen) atoms. The van der Waals surface area contributed by atoms with Crippen LogP contribution in [0.3, 0.4) is 0 Å². The average Bonchev–Trinajstić information content (AvgIpc) is 3.13. The summed E-state index contributed by atoms with van der Waals surface area (Å²) >= 11 is 6.56. The number of aromatic nitrogens is 1. The summed E-state index contributed by atoms with van der Waals surface area (Å²) in [5.41, 5.74) is 5.83. The summed E-state index contributed by atoms with van der Waals surface area (Å²) < 4.78 is 46.1. The van der Waals surface area contributed by atoms with Crippen LogP contribution in [-0.2, 0) is 20.5 Å². The Morgan fingerprint density at radius 1 is 1.22 bits per heavy atom. The molecule has 0 unspecified atom stereocenters. The Balaban J connectivity index is 1.77. The van der Waals surface area contributed by atoms with Crippen molar-refractivity contribution in [1.82, 2.24) is 4.98 Å². The van der Waals surface area contributed by atoms with Crippen LogP contribution in [-0.4, -0.2) is 62.7 Å². The van der Waals surface area contributed by atoms with E-state index in [0.717, 1.165) is 17.0 Å². The first-order chi connectivity index (χ1) is 17.0. The number of amides is 2. The Labute approximate surface area is 211 Å². The van der Waals surface area contributed by atoms with E-state index in [4.69, 9.17) is 22.1 Å². The van der Waals surface area contributed by atoms with E-state index in [1.807, 2.05) is 4.90 Å². The van der Waals surface area contributed by atoms with Crippen molar-refractivity contribution in [2.24, 2.45) is 11.7 Å². The molecule has 0 saturated carbocycles. The highest BCUT2D eigenvalue weighted by molar-refractivity contribution is 6.34. The first-order valence-corrected chi connectivity index (χ1v) is 11.9. The highest BCUT2D eigenvalue weighted by Gasteiger charge is 2.49. The summed E-state index contributed by atoms with van der Waals surface area (Å²) in [4.78, 5) is 35.6. The number of benzene rings is 1. The van der Waals surface area contributed by atoms with Crippen LogP contribution in [0.5, 0.6) is 0 Å². The van der Waals surface area contributed by atoms with Gasteiger partial charge in [-0.15, -0.1) is 0 Å². The second kappa shape index (κ2) is 10.2. The van der Waals surface area contributed by atoms with E-state index in [1.54, 1.807) is 25.2 Å². The zero-order valence-corrected chi connectivity index (χ0v) is 20.6. The van der Waals surface area contributed by atoms with Gasteiger partial charge in [0, 0.05) is 44.7 Å². The third-order valence-electron chi connectivity index (χ3n) is 6.39. The lowest BCUT2D eigenvalue weighted by Crippen LogP contribution is -2.52. The number of carbonyl (C=O) groups is 2. The van der Waals surface area contributed by atoms with E-state index < -0.39 is 35.5 Å². The third-order valence-corrected chi connectivity index (χ3v) is 6.70. The molecular weight excluding hydrogens is 499 g/mol. The van der Waals surface area contributed by atoms with Gasteiger partial charge in [0.2, 0.25) is 11.8 Å². The molecule has 0 spiro atoms. The number of alkyl halides is 3. The molecule has 2 aromatic rings. The number of ether oxygens (including phenoxy) is 1. The van der Waals surface area contributed by atoms with Gasteiger partial charge in [-0.2, -0.15) is 13.2 Å². The number of para-hydroxylation sites is 1. The van der Waals surface area contributed by atoms with Crippen LogP contribution < -0.4 is 20.4 Å². The summed E-state index contributed by atoms with van der Waals surface area (Å²) in [5.74, 6) is -1.59. The van der Waals surface area contributed by atoms with E-state index in [1.165, 1.54) is 11.8 Å². The topological polar surface area (TPSA) is 92.0 Å². The maximum Gasteiger partial charge on any atom is 0.416 e. The molecule has 8 nitrogen and oxygen atoms in total. The van der Waals surface area contributed by atoms with E-state index >= 15 is 0 Å². The van der Waals surface area contributed by atoms with E-state index in [9.17, 15) is 22.8 Å². The Morgan fingerprint density at radius 2 is 1.97 bits per heavy atom. The van der Waals surface area contributed by atoms with Crippen LogP contribution in [0.2, 0.25) is 5.02 Å². The molecule has 1 aromatic carbocycles. The zero-order valence-electron chi connectivity index (χ0n) is 19.9. The van der Waals surface area contributed by atoms with Gasteiger partial charge in [0.1, 0.15) is 11.9 Å². The third kappa shape index (κ3) is 5.00. The number of hydrogen-bond donors (Lipinski definition) is 1. The molecule has 2 aliphatic heterocycles. The Morgan fingerprint density at radius 3 is 2.67 bits per heavy atom. The molecule has 12 heteroatoms. The number of hydrogen-bond acceptors (Lipinski definition) is 6. The highest BCUT2D eigenvalue weighted by Crippen LogP contribution is 2.42. The van der Waals surface area contributed by atoms with Crippen molar-refractivity contribution in [2.75, 3.05) is 54.6 Å². The second-order valence-corrected chi connectivity index (χ2v) is 9.29. The number of likely N-dealkylation sites (N-methyl/N-ethyl adjacent to an activating group) is 1. The van der Waals surface area contributed by atoms with Crippen molar-refractivity contribution in [3.05, 3.63) is 46.6 Å². The summed E-state index contributed by atoms with van der Waals surface area (Å²) in [5, 5.41) is 0.431. The van der Waals surface area contributed by atoms with Crippen LogP contribution in [0, 0.1) is 12.8 Å². The molecule has 1 saturated heterocycles. The molecule has 3 heterocycles. The number of aryl methyl sites for hydroxylation is 1. The fourth-order valence-electron chi connectivity index (χ4n) is 4.83. The average molecular weight is 526 g/mol. The zero-order chi connectivity index (χ0) is 26.2.